The molecule has 0 aliphatic carbocycles. The van der Waals surface area contributed by atoms with Crippen LogP contribution in [-0.2, 0) is 26.2 Å². The maximum absolute atomic E-state index is 13.4. The van der Waals surface area contributed by atoms with E-state index in [0.29, 0.717) is 42.0 Å². The van der Waals surface area contributed by atoms with Crippen molar-refractivity contribution in [1.29, 1.82) is 0 Å². The van der Waals surface area contributed by atoms with E-state index in [0.717, 1.165) is 24.7 Å². The van der Waals surface area contributed by atoms with E-state index in [1.165, 1.54) is 9.21 Å². The van der Waals surface area contributed by atoms with Crippen molar-refractivity contribution in [2.24, 2.45) is 0 Å². The molecule has 38 heavy (non-hydrogen) atoms. The fraction of sp³-hybridized carbons (Fsp3) is 0.481. The van der Waals surface area contributed by atoms with E-state index in [-0.39, 0.29) is 37.7 Å². The molecule has 11 heteroatoms. The average Bonchev–Trinajstić information content (AvgIpc) is 2.89. The highest BCUT2D eigenvalue weighted by molar-refractivity contribution is 7.92. The van der Waals surface area contributed by atoms with E-state index in [2.05, 4.69) is 5.32 Å². The molecule has 2 aromatic rings. The van der Waals surface area contributed by atoms with Gasteiger partial charge in [0.2, 0.25) is 21.8 Å². The second kappa shape index (κ2) is 13.7. The standard InChI is InChI=1S/C27H36ClN3O6S/c1-4-5-14-29-27(33)20(2)30(19-21-9-6-7-10-23(21)28)26(32)11-8-15-31(38(3,34)35)22-12-13-24-25(18-22)37-17-16-36-24/h6-7,9-10,12-13,18,20H,4-5,8,11,14-17,19H2,1-3H3,(H,29,33). The Morgan fingerprint density at radius 2 is 1.79 bits per heavy atom. The predicted molar refractivity (Wildman–Crippen MR) is 148 cm³/mol. The Bertz CT molecular complexity index is 1220. The first-order valence-electron chi connectivity index (χ1n) is 12.8. The van der Waals surface area contributed by atoms with Crippen molar-refractivity contribution in [3.63, 3.8) is 0 Å². The highest BCUT2D eigenvalue weighted by Crippen LogP contribution is 2.34. The summed E-state index contributed by atoms with van der Waals surface area (Å²) in [6.07, 6.45) is 3.21. The van der Waals surface area contributed by atoms with Crippen LogP contribution in [0.2, 0.25) is 5.02 Å². The topological polar surface area (TPSA) is 105 Å². The first-order chi connectivity index (χ1) is 18.1. The third-order valence-electron chi connectivity index (χ3n) is 6.26. The summed E-state index contributed by atoms with van der Waals surface area (Å²) in [5.74, 6) is 0.531. The lowest BCUT2D eigenvalue weighted by atomic mass is 10.1. The van der Waals surface area contributed by atoms with Gasteiger partial charge in [-0.1, -0.05) is 43.1 Å². The lowest BCUT2D eigenvalue weighted by Gasteiger charge is -2.30. The van der Waals surface area contributed by atoms with Gasteiger partial charge < -0.3 is 19.7 Å². The van der Waals surface area contributed by atoms with Gasteiger partial charge >= 0.3 is 0 Å². The fourth-order valence-corrected chi connectivity index (χ4v) is 5.27. The van der Waals surface area contributed by atoms with Gasteiger partial charge in [0.25, 0.3) is 0 Å². The first-order valence-corrected chi connectivity index (χ1v) is 15.0. The number of nitrogens with one attached hydrogen (secondary N) is 1. The summed E-state index contributed by atoms with van der Waals surface area (Å²) in [7, 11) is -3.63. The minimum absolute atomic E-state index is 0.0492. The Morgan fingerprint density at radius 1 is 1.08 bits per heavy atom. The van der Waals surface area contributed by atoms with Crippen molar-refractivity contribution in [2.45, 2.75) is 52.1 Å². The van der Waals surface area contributed by atoms with Crippen LogP contribution in [0.4, 0.5) is 5.69 Å². The molecule has 0 aromatic heterocycles. The van der Waals surface area contributed by atoms with E-state index >= 15 is 0 Å². The number of rotatable bonds is 13. The van der Waals surface area contributed by atoms with E-state index < -0.39 is 16.1 Å². The van der Waals surface area contributed by atoms with Gasteiger partial charge in [-0.05, 0) is 43.5 Å². The number of hydrogen-bond acceptors (Lipinski definition) is 6. The normalized spacial score (nSPS) is 13.5. The number of carbonyl (C=O) groups excluding carboxylic acids is 2. The summed E-state index contributed by atoms with van der Waals surface area (Å²) in [5, 5.41) is 3.39. The zero-order valence-corrected chi connectivity index (χ0v) is 23.7. The van der Waals surface area contributed by atoms with Crippen LogP contribution in [0.3, 0.4) is 0 Å². The third-order valence-corrected chi connectivity index (χ3v) is 7.82. The molecule has 1 heterocycles. The SMILES string of the molecule is CCCCNC(=O)C(C)N(Cc1ccccc1Cl)C(=O)CCCN(c1ccc2c(c1)OCCO2)S(C)(=O)=O. The number of benzene rings is 2. The van der Waals surface area contributed by atoms with Gasteiger partial charge in [-0.3, -0.25) is 13.9 Å². The molecule has 2 amide bonds. The number of nitrogens with zero attached hydrogens (tertiary/aromatic N) is 2. The van der Waals surface area contributed by atoms with Gasteiger partial charge in [0.1, 0.15) is 19.3 Å². The predicted octanol–water partition coefficient (Wildman–Crippen LogP) is 3.99. The molecule has 208 valence electrons. The quantitative estimate of drug-likeness (QED) is 0.368. The molecular formula is C27H36ClN3O6S. The maximum atomic E-state index is 13.4. The number of sulfonamides is 1. The highest BCUT2D eigenvalue weighted by atomic mass is 35.5. The van der Waals surface area contributed by atoms with Crippen LogP contribution in [0, 0.1) is 0 Å². The Labute approximate surface area is 230 Å². The van der Waals surface area contributed by atoms with Crippen LogP contribution in [0.5, 0.6) is 11.5 Å². The van der Waals surface area contributed by atoms with Crippen molar-refractivity contribution < 1.29 is 27.5 Å². The summed E-state index contributed by atoms with van der Waals surface area (Å²) in [6.45, 7) is 5.33. The summed E-state index contributed by atoms with van der Waals surface area (Å²) in [4.78, 5) is 27.7. The lowest BCUT2D eigenvalue weighted by molar-refractivity contribution is -0.140. The molecule has 0 bridgehead atoms. The maximum Gasteiger partial charge on any atom is 0.242 e. The van der Waals surface area contributed by atoms with Gasteiger partial charge in [-0.25, -0.2) is 8.42 Å². The van der Waals surface area contributed by atoms with Crippen molar-refractivity contribution in [2.75, 3.05) is 36.9 Å². The van der Waals surface area contributed by atoms with Crippen LogP contribution in [-0.4, -0.2) is 63.7 Å². The minimum Gasteiger partial charge on any atom is -0.486 e. The Kier molecular flexibility index (Phi) is 10.7. The molecule has 2 aromatic carbocycles. The van der Waals surface area contributed by atoms with Crippen LogP contribution in [0.25, 0.3) is 0 Å². The summed E-state index contributed by atoms with van der Waals surface area (Å²) in [6, 6.07) is 11.4. The molecule has 1 atom stereocenters. The summed E-state index contributed by atoms with van der Waals surface area (Å²) >= 11 is 6.34. The number of amides is 2. The van der Waals surface area contributed by atoms with Gasteiger partial charge in [-0.15, -0.1) is 0 Å². The van der Waals surface area contributed by atoms with Gasteiger partial charge in [0, 0.05) is 37.1 Å². The van der Waals surface area contributed by atoms with Crippen molar-refractivity contribution in [3.8, 4) is 11.5 Å². The van der Waals surface area contributed by atoms with Gasteiger partial charge in [0.15, 0.2) is 11.5 Å². The molecule has 0 fully saturated rings. The van der Waals surface area contributed by atoms with Crippen LogP contribution >= 0.6 is 11.6 Å². The number of ether oxygens (including phenoxy) is 2. The fourth-order valence-electron chi connectivity index (χ4n) is 4.12. The first kappa shape index (κ1) is 29.6. The molecule has 0 saturated heterocycles. The lowest BCUT2D eigenvalue weighted by Crippen LogP contribution is -2.48. The van der Waals surface area contributed by atoms with E-state index in [1.54, 1.807) is 37.3 Å². The van der Waals surface area contributed by atoms with Crippen LogP contribution in [0.15, 0.2) is 42.5 Å². The summed E-state index contributed by atoms with van der Waals surface area (Å²) in [5.41, 5.74) is 1.16. The Morgan fingerprint density at radius 3 is 2.47 bits per heavy atom. The average molecular weight is 566 g/mol. The Hall–Kier alpha value is -2.98. The number of carbonyl (C=O) groups is 2. The zero-order valence-electron chi connectivity index (χ0n) is 22.1. The smallest absolute Gasteiger partial charge is 0.242 e. The molecule has 1 aliphatic heterocycles. The summed E-state index contributed by atoms with van der Waals surface area (Å²) < 4.78 is 37.6. The van der Waals surface area contributed by atoms with Crippen molar-refractivity contribution in [3.05, 3.63) is 53.1 Å². The molecule has 0 radical (unpaired) electrons. The molecule has 0 spiro atoms. The van der Waals surface area contributed by atoms with Crippen molar-refractivity contribution >= 4 is 39.1 Å². The number of unbranched alkanes of at least 4 members (excludes halogenated alkanes) is 1. The molecule has 3 rings (SSSR count). The minimum atomic E-state index is -3.63. The molecule has 9 nitrogen and oxygen atoms in total. The van der Waals surface area contributed by atoms with E-state index in [1.807, 2.05) is 19.1 Å². The highest BCUT2D eigenvalue weighted by Gasteiger charge is 2.27. The zero-order chi connectivity index (χ0) is 27.7. The molecule has 1 unspecified atom stereocenters. The van der Waals surface area contributed by atoms with Crippen molar-refractivity contribution in [1.82, 2.24) is 10.2 Å². The monoisotopic (exact) mass is 565 g/mol. The van der Waals surface area contributed by atoms with Crippen LogP contribution < -0.4 is 19.1 Å². The number of halogens is 1. The van der Waals surface area contributed by atoms with Gasteiger partial charge in [0.05, 0.1) is 11.9 Å². The number of hydrogen-bond donors (Lipinski definition) is 1. The number of fused-ring (bicyclic) bond motifs is 1. The van der Waals surface area contributed by atoms with Gasteiger partial charge in [-0.2, -0.15) is 0 Å². The molecule has 1 N–H and O–H groups in total. The van der Waals surface area contributed by atoms with E-state index in [4.69, 9.17) is 21.1 Å². The number of anilines is 1. The second-order valence-corrected chi connectivity index (χ2v) is 11.5. The largest absolute Gasteiger partial charge is 0.486 e. The second-order valence-electron chi connectivity index (χ2n) is 9.20. The Balaban J connectivity index is 1.72. The molecular weight excluding hydrogens is 530 g/mol. The third kappa shape index (κ3) is 8.01. The molecule has 1 aliphatic rings. The van der Waals surface area contributed by atoms with E-state index in [9.17, 15) is 18.0 Å². The molecule has 0 saturated carbocycles. The van der Waals surface area contributed by atoms with Crippen LogP contribution in [0.1, 0.15) is 45.1 Å².